The minimum Gasteiger partial charge on any atom is -0.394 e. The molecule has 0 saturated heterocycles. The van der Waals surface area contributed by atoms with Crippen molar-refractivity contribution in [3.05, 3.63) is 42.1 Å². The predicted octanol–water partition coefficient (Wildman–Crippen LogP) is 1.79. The fourth-order valence-electron chi connectivity index (χ4n) is 1.62. The molecule has 0 aliphatic heterocycles. The third-order valence-electron chi connectivity index (χ3n) is 3.03. The first kappa shape index (κ1) is 13.3. The SMILES string of the molecule is CC(CO)N(C)C(=O)c1cc(-c2ccccc2)on1. The van der Waals surface area contributed by atoms with Gasteiger partial charge >= 0.3 is 0 Å². The van der Waals surface area contributed by atoms with Crippen molar-refractivity contribution in [2.45, 2.75) is 13.0 Å². The quantitative estimate of drug-likeness (QED) is 0.910. The predicted molar refractivity (Wildman–Crippen MR) is 70.6 cm³/mol. The van der Waals surface area contributed by atoms with E-state index in [0.717, 1.165) is 5.56 Å². The van der Waals surface area contributed by atoms with E-state index in [-0.39, 0.29) is 24.2 Å². The van der Waals surface area contributed by atoms with E-state index in [1.54, 1.807) is 20.0 Å². The maximum atomic E-state index is 12.1. The van der Waals surface area contributed by atoms with Gasteiger partial charge in [-0.15, -0.1) is 0 Å². The van der Waals surface area contributed by atoms with Gasteiger partial charge in [-0.3, -0.25) is 4.79 Å². The van der Waals surface area contributed by atoms with Crippen LogP contribution in [0.5, 0.6) is 0 Å². The Hall–Kier alpha value is -2.14. The fourth-order valence-corrected chi connectivity index (χ4v) is 1.62. The Morgan fingerprint density at radius 3 is 2.74 bits per heavy atom. The van der Waals surface area contributed by atoms with Crippen LogP contribution in [-0.2, 0) is 0 Å². The number of likely N-dealkylation sites (N-methyl/N-ethyl adjacent to an activating group) is 1. The van der Waals surface area contributed by atoms with E-state index < -0.39 is 0 Å². The van der Waals surface area contributed by atoms with Gasteiger partial charge in [0.25, 0.3) is 5.91 Å². The number of benzene rings is 1. The minimum atomic E-state index is -0.271. The van der Waals surface area contributed by atoms with E-state index >= 15 is 0 Å². The van der Waals surface area contributed by atoms with Crippen molar-refractivity contribution in [2.24, 2.45) is 0 Å². The summed E-state index contributed by atoms with van der Waals surface area (Å²) in [5.74, 6) is 0.279. The summed E-state index contributed by atoms with van der Waals surface area (Å²) in [6, 6.07) is 10.8. The van der Waals surface area contributed by atoms with E-state index in [2.05, 4.69) is 5.16 Å². The topological polar surface area (TPSA) is 66.6 Å². The molecule has 5 heteroatoms. The van der Waals surface area contributed by atoms with Crippen LogP contribution in [0.4, 0.5) is 0 Å². The third-order valence-corrected chi connectivity index (χ3v) is 3.03. The van der Waals surface area contributed by atoms with Crippen molar-refractivity contribution >= 4 is 5.91 Å². The molecule has 1 aromatic heterocycles. The minimum absolute atomic E-state index is 0.0916. The smallest absolute Gasteiger partial charge is 0.276 e. The maximum absolute atomic E-state index is 12.1. The molecular weight excluding hydrogens is 244 g/mol. The highest BCUT2D eigenvalue weighted by atomic mass is 16.5. The Morgan fingerprint density at radius 1 is 1.42 bits per heavy atom. The van der Waals surface area contributed by atoms with Crippen LogP contribution in [0.2, 0.25) is 0 Å². The number of carbonyl (C=O) groups excluding carboxylic acids is 1. The van der Waals surface area contributed by atoms with Crippen LogP contribution in [0.25, 0.3) is 11.3 Å². The van der Waals surface area contributed by atoms with Crippen LogP contribution >= 0.6 is 0 Å². The molecule has 1 N–H and O–H groups in total. The summed E-state index contributed by atoms with van der Waals surface area (Å²) in [7, 11) is 1.63. The lowest BCUT2D eigenvalue weighted by Gasteiger charge is -2.21. The van der Waals surface area contributed by atoms with E-state index in [1.807, 2.05) is 30.3 Å². The summed E-state index contributed by atoms with van der Waals surface area (Å²) >= 11 is 0. The van der Waals surface area contributed by atoms with Crippen molar-refractivity contribution in [2.75, 3.05) is 13.7 Å². The zero-order valence-corrected chi connectivity index (χ0v) is 10.9. The maximum Gasteiger partial charge on any atom is 0.276 e. The Labute approximate surface area is 111 Å². The molecule has 0 fully saturated rings. The normalized spacial score (nSPS) is 12.2. The second-order valence-corrected chi connectivity index (χ2v) is 4.39. The standard InChI is InChI=1S/C14H16N2O3/c1-10(9-17)16(2)14(18)12-8-13(19-15-12)11-6-4-3-5-7-11/h3-8,10,17H,9H2,1-2H3. The molecule has 5 nitrogen and oxygen atoms in total. The molecule has 1 atom stereocenters. The Morgan fingerprint density at radius 2 is 2.11 bits per heavy atom. The Balaban J connectivity index is 2.20. The largest absolute Gasteiger partial charge is 0.394 e. The van der Waals surface area contributed by atoms with Crippen molar-refractivity contribution < 1.29 is 14.4 Å². The average Bonchev–Trinajstić information content (AvgIpc) is 2.95. The van der Waals surface area contributed by atoms with E-state index in [0.29, 0.717) is 5.76 Å². The third kappa shape index (κ3) is 2.82. The van der Waals surface area contributed by atoms with Gasteiger partial charge in [0, 0.05) is 18.7 Å². The summed E-state index contributed by atoms with van der Waals surface area (Å²) in [5.41, 5.74) is 1.11. The molecule has 0 aliphatic carbocycles. The number of rotatable bonds is 4. The monoisotopic (exact) mass is 260 g/mol. The Kier molecular flexibility index (Phi) is 3.97. The van der Waals surface area contributed by atoms with Crippen LogP contribution in [-0.4, -0.2) is 40.8 Å². The molecule has 0 saturated carbocycles. The number of aromatic nitrogens is 1. The molecule has 1 amide bonds. The first-order valence-electron chi connectivity index (χ1n) is 6.03. The van der Waals surface area contributed by atoms with Crippen LogP contribution < -0.4 is 0 Å². The second-order valence-electron chi connectivity index (χ2n) is 4.39. The summed E-state index contributed by atoms with van der Waals surface area (Å²) in [4.78, 5) is 13.5. The number of aliphatic hydroxyl groups is 1. The first-order chi connectivity index (χ1) is 9.13. The van der Waals surface area contributed by atoms with Gasteiger partial charge < -0.3 is 14.5 Å². The lowest BCUT2D eigenvalue weighted by atomic mass is 10.1. The lowest BCUT2D eigenvalue weighted by Crippen LogP contribution is -2.37. The average molecular weight is 260 g/mol. The highest BCUT2D eigenvalue weighted by Crippen LogP contribution is 2.20. The van der Waals surface area contributed by atoms with E-state index in [9.17, 15) is 4.79 Å². The highest BCUT2D eigenvalue weighted by molar-refractivity contribution is 5.93. The summed E-state index contributed by atoms with van der Waals surface area (Å²) in [6.07, 6.45) is 0. The molecule has 2 aromatic rings. The fraction of sp³-hybridized carbons (Fsp3) is 0.286. The first-order valence-corrected chi connectivity index (χ1v) is 6.03. The lowest BCUT2D eigenvalue weighted by molar-refractivity contribution is 0.0672. The second kappa shape index (κ2) is 5.67. The molecule has 0 bridgehead atoms. The molecule has 1 unspecified atom stereocenters. The number of aliphatic hydroxyl groups excluding tert-OH is 1. The van der Waals surface area contributed by atoms with Gasteiger partial charge in [-0.1, -0.05) is 35.5 Å². The van der Waals surface area contributed by atoms with Gasteiger partial charge in [0.2, 0.25) is 0 Å². The zero-order chi connectivity index (χ0) is 13.8. The molecular formula is C14H16N2O3. The van der Waals surface area contributed by atoms with Gasteiger partial charge in [-0.05, 0) is 6.92 Å². The summed E-state index contributed by atoms with van der Waals surface area (Å²) in [5, 5.41) is 12.8. The zero-order valence-electron chi connectivity index (χ0n) is 10.9. The number of hydrogen-bond acceptors (Lipinski definition) is 4. The molecule has 1 aromatic carbocycles. The molecule has 0 aliphatic rings. The molecule has 100 valence electrons. The van der Waals surface area contributed by atoms with Gasteiger partial charge in [-0.2, -0.15) is 0 Å². The van der Waals surface area contributed by atoms with E-state index in [1.165, 1.54) is 4.90 Å². The molecule has 2 rings (SSSR count). The summed E-state index contributed by atoms with van der Waals surface area (Å²) < 4.78 is 5.18. The van der Waals surface area contributed by atoms with Crippen LogP contribution in [0.1, 0.15) is 17.4 Å². The number of hydrogen-bond donors (Lipinski definition) is 1. The van der Waals surface area contributed by atoms with Gasteiger partial charge in [0.05, 0.1) is 12.6 Å². The number of carbonyl (C=O) groups is 1. The molecule has 0 radical (unpaired) electrons. The molecule has 1 heterocycles. The van der Waals surface area contributed by atoms with Crippen molar-refractivity contribution in [3.63, 3.8) is 0 Å². The highest BCUT2D eigenvalue weighted by Gasteiger charge is 2.20. The summed E-state index contributed by atoms with van der Waals surface area (Å²) in [6.45, 7) is 1.67. The van der Waals surface area contributed by atoms with Crippen molar-refractivity contribution in [3.8, 4) is 11.3 Å². The number of nitrogens with zero attached hydrogens (tertiary/aromatic N) is 2. The van der Waals surface area contributed by atoms with Crippen LogP contribution in [0, 0.1) is 0 Å². The number of amides is 1. The van der Waals surface area contributed by atoms with Crippen molar-refractivity contribution in [1.82, 2.24) is 10.1 Å². The van der Waals surface area contributed by atoms with Gasteiger partial charge in [0.1, 0.15) is 0 Å². The Bertz CT molecular complexity index is 551. The van der Waals surface area contributed by atoms with Crippen LogP contribution in [0.3, 0.4) is 0 Å². The molecule has 19 heavy (non-hydrogen) atoms. The van der Waals surface area contributed by atoms with Crippen molar-refractivity contribution in [1.29, 1.82) is 0 Å². The van der Waals surface area contributed by atoms with Gasteiger partial charge in [0.15, 0.2) is 11.5 Å². The van der Waals surface area contributed by atoms with E-state index in [4.69, 9.17) is 9.63 Å². The van der Waals surface area contributed by atoms with Gasteiger partial charge in [-0.25, -0.2) is 0 Å². The van der Waals surface area contributed by atoms with Crippen LogP contribution in [0.15, 0.2) is 40.9 Å². The molecule has 0 spiro atoms.